The van der Waals surface area contributed by atoms with Crippen molar-refractivity contribution in [3.05, 3.63) is 11.9 Å². The summed E-state index contributed by atoms with van der Waals surface area (Å²) in [6, 6.07) is 5.47. The Hall–Kier alpha value is -2.34. The number of aromatic nitrogens is 2. The lowest BCUT2D eigenvalue weighted by Crippen LogP contribution is -2.25. The Morgan fingerprint density at radius 2 is 1.93 bits per heavy atom. The molecule has 1 heterocycles. The Morgan fingerprint density at radius 1 is 1.33 bits per heavy atom. The van der Waals surface area contributed by atoms with Crippen molar-refractivity contribution in [3.63, 3.8) is 0 Å². The van der Waals surface area contributed by atoms with Gasteiger partial charge in [0.2, 0.25) is 0 Å². The van der Waals surface area contributed by atoms with E-state index in [1.807, 2.05) is 12.1 Å². The fraction of sp³-hybridized carbons (Fsp3) is 0.333. The standard InChI is InChI=1S/C9H10N6/c1-7-13-8(12)6-9(14-7)15(4-2-10)5-3-11/h6H,4-5H2,1H3,(H2,12,13,14). The van der Waals surface area contributed by atoms with Crippen molar-refractivity contribution in [1.29, 1.82) is 10.5 Å². The normalized spacial score (nSPS) is 9.00. The summed E-state index contributed by atoms with van der Waals surface area (Å²) in [5, 5.41) is 17.2. The summed E-state index contributed by atoms with van der Waals surface area (Å²) in [5.41, 5.74) is 5.55. The van der Waals surface area contributed by atoms with Gasteiger partial charge in [-0.25, -0.2) is 9.97 Å². The summed E-state index contributed by atoms with van der Waals surface area (Å²) >= 11 is 0. The molecule has 76 valence electrons. The van der Waals surface area contributed by atoms with Gasteiger partial charge in [-0.3, -0.25) is 0 Å². The molecule has 2 N–H and O–H groups in total. The third kappa shape index (κ3) is 2.82. The maximum Gasteiger partial charge on any atom is 0.136 e. The molecule has 0 radical (unpaired) electrons. The van der Waals surface area contributed by atoms with E-state index in [-0.39, 0.29) is 13.1 Å². The fourth-order valence-electron chi connectivity index (χ4n) is 1.13. The Morgan fingerprint density at radius 3 is 2.40 bits per heavy atom. The first-order valence-corrected chi connectivity index (χ1v) is 4.27. The molecule has 0 unspecified atom stereocenters. The number of nitrogens with zero attached hydrogens (tertiary/aromatic N) is 5. The van der Waals surface area contributed by atoms with Crippen LogP contribution in [-0.2, 0) is 0 Å². The zero-order chi connectivity index (χ0) is 11.3. The van der Waals surface area contributed by atoms with Crippen molar-refractivity contribution in [2.75, 3.05) is 23.7 Å². The van der Waals surface area contributed by atoms with Gasteiger partial charge in [0.25, 0.3) is 0 Å². The first kappa shape index (κ1) is 10.7. The molecule has 1 aromatic rings. The van der Waals surface area contributed by atoms with Gasteiger partial charge in [-0.1, -0.05) is 0 Å². The second-order valence-electron chi connectivity index (χ2n) is 2.87. The molecular weight excluding hydrogens is 192 g/mol. The third-order valence-corrected chi connectivity index (χ3v) is 1.69. The predicted octanol–water partition coefficient (Wildman–Crippen LogP) is 0.221. The lowest BCUT2D eigenvalue weighted by atomic mass is 10.4. The molecule has 1 aromatic heterocycles. The van der Waals surface area contributed by atoms with Crippen LogP contribution in [0.15, 0.2) is 6.07 Å². The van der Waals surface area contributed by atoms with Crippen LogP contribution in [0.2, 0.25) is 0 Å². The summed E-state index contributed by atoms with van der Waals surface area (Å²) in [6.07, 6.45) is 0. The molecular formula is C9H10N6. The van der Waals surface area contributed by atoms with E-state index in [9.17, 15) is 0 Å². The average molecular weight is 202 g/mol. The number of aryl methyl sites for hydroxylation is 1. The molecule has 0 aliphatic rings. The van der Waals surface area contributed by atoms with Crippen LogP contribution in [0.3, 0.4) is 0 Å². The summed E-state index contributed by atoms with van der Waals surface area (Å²) in [4.78, 5) is 9.55. The monoisotopic (exact) mass is 202 g/mol. The quantitative estimate of drug-likeness (QED) is 0.703. The van der Waals surface area contributed by atoms with Gasteiger partial charge in [-0.2, -0.15) is 10.5 Å². The lowest BCUT2D eigenvalue weighted by molar-refractivity contribution is 0.911. The van der Waals surface area contributed by atoms with Crippen molar-refractivity contribution < 1.29 is 0 Å². The van der Waals surface area contributed by atoms with E-state index >= 15 is 0 Å². The van der Waals surface area contributed by atoms with Crippen LogP contribution in [0, 0.1) is 29.6 Å². The molecule has 0 saturated carbocycles. The smallest absolute Gasteiger partial charge is 0.136 e. The minimum absolute atomic E-state index is 0.101. The summed E-state index contributed by atoms with van der Waals surface area (Å²) in [7, 11) is 0. The van der Waals surface area contributed by atoms with Gasteiger partial charge in [0.15, 0.2) is 0 Å². The van der Waals surface area contributed by atoms with Crippen molar-refractivity contribution >= 4 is 11.6 Å². The molecule has 0 amide bonds. The molecule has 0 aliphatic carbocycles. The zero-order valence-corrected chi connectivity index (χ0v) is 8.30. The third-order valence-electron chi connectivity index (χ3n) is 1.69. The van der Waals surface area contributed by atoms with Gasteiger partial charge in [0.05, 0.1) is 12.1 Å². The highest BCUT2D eigenvalue weighted by molar-refractivity contribution is 5.48. The molecule has 1 rings (SSSR count). The van der Waals surface area contributed by atoms with E-state index in [4.69, 9.17) is 16.3 Å². The van der Waals surface area contributed by atoms with Crippen LogP contribution in [0.5, 0.6) is 0 Å². The number of nitrogen functional groups attached to an aromatic ring is 1. The van der Waals surface area contributed by atoms with Gasteiger partial charge >= 0.3 is 0 Å². The van der Waals surface area contributed by atoms with Crippen LogP contribution in [-0.4, -0.2) is 23.1 Å². The Kier molecular flexibility index (Phi) is 3.42. The Labute approximate surface area is 87.6 Å². The number of anilines is 2. The summed E-state index contributed by atoms with van der Waals surface area (Å²) in [6.45, 7) is 1.91. The molecule has 0 spiro atoms. The highest BCUT2D eigenvalue weighted by atomic mass is 15.2. The van der Waals surface area contributed by atoms with Gasteiger partial charge < -0.3 is 10.6 Å². The van der Waals surface area contributed by atoms with Gasteiger partial charge in [0, 0.05) is 6.07 Å². The van der Waals surface area contributed by atoms with Crippen molar-refractivity contribution in [3.8, 4) is 12.1 Å². The number of hydrogen-bond acceptors (Lipinski definition) is 6. The molecule has 0 aromatic carbocycles. The topological polar surface area (TPSA) is 103 Å². The largest absolute Gasteiger partial charge is 0.384 e. The van der Waals surface area contributed by atoms with Gasteiger partial charge in [-0.15, -0.1) is 0 Å². The van der Waals surface area contributed by atoms with E-state index in [2.05, 4.69) is 9.97 Å². The van der Waals surface area contributed by atoms with E-state index in [1.165, 1.54) is 4.90 Å². The first-order chi connectivity index (χ1) is 7.17. The maximum atomic E-state index is 8.59. The Balaban J connectivity index is 3.01. The maximum absolute atomic E-state index is 8.59. The molecule has 0 bridgehead atoms. The van der Waals surface area contributed by atoms with Crippen molar-refractivity contribution in [2.45, 2.75) is 6.92 Å². The summed E-state index contributed by atoms with van der Waals surface area (Å²) in [5.74, 6) is 1.35. The van der Waals surface area contributed by atoms with E-state index in [0.29, 0.717) is 17.5 Å². The number of hydrogen-bond donors (Lipinski definition) is 1. The van der Waals surface area contributed by atoms with Crippen LogP contribution in [0.1, 0.15) is 5.82 Å². The lowest BCUT2D eigenvalue weighted by Gasteiger charge is -2.16. The van der Waals surface area contributed by atoms with E-state index in [0.717, 1.165) is 0 Å². The van der Waals surface area contributed by atoms with Gasteiger partial charge in [0.1, 0.15) is 30.5 Å². The number of nitriles is 2. The van der Waals surface area contributed by atoms with Crippen molar-refractivity contribution in [2.24, 2.45) is 0 Å². The second kappa shape index (κ2) is 4.77. The molecule has 0 saturated heterocycles. The number of nitrogens with two attached hydrogens (primary N) is 1. The van der Waals surface area contributed by atoms with Crippen LogP contribution in [0.4, 0.5) is 11.6 Å². The SMILES string of the molecule is Cc1nc(N)cc(N(CC#N)CC#N)n1. The Bertz CT molecular complexity index is 391. The predicted molar refractivity (Wildman–Crippen MR) is 54.6 cm³/mol. The van der Waals surface area contributed by atoms with Gasteiger partial charge in [-0.05, 0) is 6.92 Å². The summed E-state index contributed by atoms with van der Waals surface area (Å²) < 4.78 is 0. The van der Waals surface area contributed by atoms with E-state index < -0.39 is 0 Å². The second-order valence-corrected chi connectivity index (χ2v) is 2.87. The zero-order valence-electron chi connectivity index (χ0n) is 8.30. The van der Waals surface area contributed by atoms with Crippen LogP contribution < -0.4 is 10.6 Å². The molecule has 6 nitrogen and oxygen atoms in total. The van der Waals surface area contributed by atoms with Crippen molar-refractivity contribution in [1.82, 2.24) is 9.97 Å². The number of rotatable bonds is 3. The minimum Gasteiger partial charge on any atom is -0.384 e. The van der Waals surface area contributed by atoms with Crippen LogP contribution >= 0.6 is 0 Å². The highest BCUT2D eigenvalue weighted by Crippen LogP contribution is 2.12. The minimum atomic E-state index is 0.101. The highest BCUT2D eigenvalue weighted by Gasteiger charge is 2.08. The van der Waals surface area contributed by atoms with Crippen LogP contribution in [0.25, 0.3) is 0 Å². The van der Waals surface area contributed by atoms with E-state index in [1.54, 1.807) is 13.0 Å². The molecule has 0 aliphatic heterocycles. The molecule has 0 fully saturated rings. The molecule has 15 heavy (non-hydrogen) atoms. The average Bonchev–Trinajstić information content (AvgIpc) is 2.16. The first-order valence-electron chi connectivity index (χ1n) is 4.27. The fourth-order valence-corrected chi connectivity index (χ4v) is 1.13. The molecule has 6 heteroatoms. The molecule has 0 atom stereocenters.